The number of halogens is 2. The highest BCUT2D eigenvalue weighted by atomic mass is 19.1. The molecular weight excluding hydrogens is 300 g/mol. The molecule has 1 aromatic carbocycles. The first-order chi connectivity index (χ1) is 10.4. The fourth-order valence-corrected chi connectivity index (χ4v) is 1.50. The van der Waals surface area contributed by atoms with E-state index in [-0.39, 0.29) is 5.69 Å². The quantitative estimate of drug-likeness (QED) is 0.705. The lowest BCUT2D eigenvalue weighted by atomic mass is 10.1. The van der Waals surface area contributed by atoms with Gasteiger partial charge in [0.05, 0.1) is 24.9 Å². The van der Waals surface area contributed by atoms with Crippen molar-refractivity contribution >= 4 is 23.6 Å². The van der Waals surface area contributed by atoms with E-state index in [4.69, 9.17) is 0 Å². The van der Waals surface area contributed by atoms with E-state index < -0.39 is 41.7 Å². The summed E-state index contributed by atoms with van der Waals surface area (Å²) in [5.74, 6) is -3.78. The maximum Gasteiger partial charge on any atom is 0.340 e. The average Bonchev–Trinajstić information content (AvgIpc) is 2.45. The summed E-state index contributed by atoms with van der Waals surface area (Å²) < 4.78 is 31.3. The Kier molecular flexibility index (Phi) is 6.24. The number of carbonyl (C=O) groups is 3. The first kappa shape index (κ1) is 17.3. The van der Waals surface area contributed by atoms with Crippen molar-refractivity contribution in [1.29, 1.82) is 0 Å². The lowest BCUT2D eigenvalue weighted by molar-refractivity contribution is -0.118. The number of nitrogens with one attached hydrogen (secondary N) is 3. The summed E-state index contributed by atoms with van der Waals surface area (Å²) in [6.45, 7) is 1.56. The van der Waals surface area contributed by atoms with Crippen LogP contribution in [0.2, 0.25) is 0 Å². The molecule has 0 aliphatic rings. The molecule has 0 saturated carbocycles. The van der Waals surface area contributed by atoms with Crippen LogP contribution in [0.4, 0.5) is 19.3 Å². The monoisotopic (exact) mass is 315 g/mol. The molecule has 0 unspecified atom stereocenters. The van der Waals surface area contributed by atoms with Gasteiger partial charge >= 0.3 is 12.0 Å². The van der Waals surface area contributed by atoms with Crippen molar-refractivity contribution in [3.8, 4) is 0 Å². The Morgan fingerprint density at radius 2 is 1.86 bits per heavy atom. The first-order valence-electron chi connectivity index (χ1n) is 6.28. The normalized spacial score (nSPS) is 9.82. The lowest BCUT2D eigenvalue weighted by Gasteiger charge is -2.10. The second-order valence-electron chi connectivity index (χ2n) is 4.06. The van der Waals surface area contributed by atoms with Crippen LogP contribution >= 0.6 is 0 Å². The SMILES string of the molecule is CCNC(=O)NC(=O)CNc1cc(C(=O)OC)c(F)cc1F. The molecule has 1 rings (SSSR count). The molecule has 0 aromatic heterocycles. The van der Waals surface area contributed by atoms with Crippen LogP contribution in [0, 0.1) is 11.6 Å². The third kappa shape index (κ3) is 4.69. The number of methoxy groups -OCH3 is 1. The molecule has 7 nitrogen and oxygen atoms in total. The number of carbonyl (C=O) groups excluding carboxylic acids is 3. The number of ether oxygens (including phenoxy) is 1. The van der Waals surface area contributed by atoms with Crippen molar-refractivity contribution in [2.75, 3.05) is 25.5 Å². The zero-order valence-electron chi connectivity index (χ0n) is 12.0. The number of amides is 3. The molecule has 9 heteroatoms. The number of urea groups is 1. The van der Waals surface area contributed by atoms with E-state index in [1.165, 1.54) is 0 Å². The summed E-state index contributed by atoms with van der Waals surface area (Å²) in [5.41, 5.74) is -0.747. The molecule has 0 radical (unpaired) electrons. The van der Waals surface area contributed by atoms with Crippen molar-refractivity contribution in [2.24, 2.45) is 0 Å². The number of rotatable bonds is 5. The van der Waals surface area contributed by atoms with Crippen LogP contribution in [0.1, 0.15) is 17.3 Å². The van der Waals surface area contributed by atoms with Crippen LogP contribution in [0.15, 0.2) is 12.1 Å². The highest BCUT2D eigenvalue weighted by Gasteiger charge is 2.17. The van der Waals surface area contributed by atoms with Gasteiger partial charge in [-0.15, -0.1) is 0 Å². The number of imide groups is 1. The fraction of sp³-hybridized carbons (Fsp3) is 0.308. The molecule has 0 spiro atoms. The molecule has 0 fully saturated rings. The van der Waals surface area contributed by atoms with Crippen molar-refractivity contribution in [1.82, 2.24) is 10.6 Å². The molecule has 1 aromatic rings. The van der Waals surface area contributed by atoms with E-state index in [1.54, 1.807) is 6.92 Å². The molecule has 22 heavy (non-hydrogen) atoms. The summed E-state index contributed by atoms with van der Waals surface area (Å²) in [7, 11) is 1.05. The minimum atomic E-state index is -1.08. The van der Waals surface area contributed by atoms with Gasteiger partial charge in [0, 0.05) is 12.6 Å². The van der Waals surface area contributed by atoms with E-state index in [2.05, 4.69) is 15.4 Å². The van der Waals surface area contributed by atoms with Gasteiger partial charge in [0.25, 0.3) is 0 Å². The summed E-state index contributed by atoms with van der Waals surface area (Å²) in [5, 5.41) is 6.70. The van der Waals surface area contributed by atoms with Crippen molar-refractivity contribution in [3.05, 3.63) is 29.3 Å². The smallest absolute Gasteiger partial charge is 0.340 e. The van der Waals surface area contributed by atoms with Crippen molar-refractivity contribution < 1.29 is 27.9 Å². The highest BCUT2D eigenvalue weighted by molar-refractivity contribution is 5.96. The Hall–Kier alpha value is -2.71. The molecule has 120 valence electrons. The molecular formula is C13H15F2N3O4. The molecule has 0 aliphatic heterocycles. The van der Waals surface area contributed by atoms with Crippen molar-refractivity contribution in [2.45, 2.75) is 6.92 Å². The third-order valence-corrected chi connectivity index (χ3v) is 2.49. The number of esters is 1. The standard InChI is InChI=1S/C13H15F2N3O4/c1-3-16-13(21)18-11(19)6-17-10-4-7(12(20)22-2)8(14)5-9(10)15/h4-5,17H,3,6H2,1-2H3,(H2,16,18,19,21). The topological polar surface area (TPSA) is 96.5 Å². The maximum absolute atomic E-state index is 13.6. The van der Waals surface area contributed by atoms with E-state index in [0.717, 1.165) is 13.2 Å². The van der Waals surface area contributed by atoms with Crippen LogP contribution < -0.4 is 16.0 Å². The number of benzene rings is 1. The van der Waals surface area contributed by atoms with E-state index in [1.807, 2.05) is 5.32 Å². The minimum Gasteiger partial charge on any atom is -0.465 e. The summed E-state index contributed by atoms with van der Waals surface area (Å²) in [6.07, 6.45) is 0. The molecule has 3 N–H and O–H groups in total. The Morgan fingerprint density at radius 3 is 2.45 bits per heavy atom. The Balaban J connectivity index is 2.75. The van der Waals surface area contributed by atoms with Gasteiger partial charge in [0.15, 0.2) is 0 Å². The second-order valence-corrected chi connectivity index (χ2v) is 4.06. The maximum atomic E-state index is 13.6. The van der Waals surface area contributed by atoms with Gasteiger partial charge in [0.2, 0.25) is 5.91 Å². The molecule has 0 bridgehead atoms. The number of hydrogen-bond donors (Lipinski definition) is 3. The molecule has 0 aliphatic carbocycles. The molecule has 0 heterocycles. The van der Waals surface area contributed by atoms with Gasteiger partial charge in [-0.25, -0.2) is 18.4 Å². The highest BCUT2D eigenvalue weighted by Crippen LogP contribution is 2.20. The largest absolute Gasteiger partial charge is 0.465 e. The van der Waals surface area contributed by atoms with Crippen LogP contribution in [0.25, 0.3) is 0 Å². The van der Waals surface area contributed by atoms with Crippen LogP contribution in [0.3, 0.4) is 0 Å². The molecule has 0 saturated heterocycles. The van der Waals surface area contributed by atoms with Gasteiger partial charge in [-0.3, -0.25) is 10.1 Å². The predicted octanol–water partition coefficient (Wildman–Crippen LogP) is 1.01. The average molecular weight is 315 g/mol. The fourth-order valence-electron chi connectivity index (χ4n) is 1.50. The summed E-state index contributed by atoms with van der Waals surface area (Å²) in [4.78, 5) is 33.8. The van der Waals surface area contributed by atoms with E-state index >= 15 is 0 Å². The third-order valence-electron chi connectivity index (χ3n) is 2.49. The predicted molar refractivity (Wildman–Crippen MR) is 73.4 cm³/mol. The van der Waals surface area contributed by atoms with Gasteiger partial charge < -0.3 is 15.4 Å². The zero-order chi connectivity index (χ0) is 16.7. The Morgan fingerprint density at radius 1 is 1.18 bits per heavy atom. The van der Waals surface area contributed by atoms with Gasteiger partial charge in [-0.1, -0.05) is 0 Å². The zero-order valence-corrected chi connectivity index (χ0v) is 12.0. The second kappa shape index (κ2) is 7.91. The molecule has 0 atom stereocenters. The van der Waals surface area contributed by atoms with E-state index in [9.17, 15) is 23.2 Å². The number of hydrogen-bond acceptors (Lipinski definition) is 5. The summed E-state index contributed by atoms with van der Waals surface area (Å²) >= 11 is 0. The Labute approximate surface area is 125 Å². The van der Waals surface area contributed by atoms with Crippen LogP contribution in [-0.4, -0.2) is 38.1 Å². The number of anilines is 1. The van der Waals surface area contributed by atoms with Crippen molar-refractivity contribution in [3.63, 3.8) is 0 Å². The van der Waals surface area contributed by atoms with Crippen LogP contribution in [-0.2, 0) is 9.53 Å². The minimum absolute atomic E-state index is 0.271. The van der Waals surface area contributed by atoms with E-state index in [0.29, 0.717) is 12.6 Å². The van der Waals surface area contributed by atoms with Crippen LogP contribution in [0.5, 0.6) is 0 Å². The summed E-state index contributed by atoms with van der Waals surface area (Å²) in [6, 6.07) is 0.691. The van der Waals surface area contributed by atoms with Gasteiger partial charge in [0.1, 0.15) is 11.6 Å². The van der Waals surface area contributed by atoms with Gasteiger partial charge in [-0.2, -0.15) is 0 Å². The first-order valence-corrected chi connectivity index (χ1v) is 6.28. The van der Waals surface area contributed by atoms with Gasteiger partial charge in [-0.05, 0) is 13.0 Å². The Bertz CT molecular complexity index is 593. The lowest BCUT2D eigenvalue weighted by Crippen LogP contribution is -2.41. The molecule has 3 amide bonds.